The molecule has 0 saturated heterocycles. The molecule has 4 heteroatoms. The summed E-state index contributed by atoms with van der Waals surface area (Å²) >= 11 is 0. The summed E-state index contributed by atoms with van der Waals surface area (Å²) in [5.41, 5.74) is 6.22. The number of Topliss-reactive ketones (excluding diaryl/α,β-unsaturated/α-hetero) is 1. The van der Waals surface area contributed by atoms with Crippen LogP contribution in [0.1, 0.15) is 46.5 Å². The minimum Gasteiger partial charge on any atom is -0.330 e. The largest absolute Gasteiger partial charge is 0.330 e. The lowest BCUT2D eigenvalue weighted by molar-refractivity contribution is -0.131. The third-order valence-electron chi connectivity index (χ3n) is 6.58. The molecule has 3 aliphatic carbocycles. The zero-order chi connectivity index (χ0) is 17.0. The van der Waals surface area contributed by atoms with E-state index in [1.54, 1.807) is 6.08 Å². The maximum absolute atomic E-state index is 12.7. The third kappa shape index (κ3) is 1.99. The van der Waals surface area contributed by atoms with E-state index in [-0.39, 0.29) is 28.6 Å². The molecular weight excluding hydrogens is 288 g/mol. The van der Waals surface area contributed by atoms with Crippen molar-refractivity contribution in [2.75, 3.05) is 6.54 Å². The smallest absolute Gasteiger partial charge is 0.226 e. The van der Waals surface area contributed by atoms with E-state index in [9.17, 15) is 9.59 Å². The molecule has 1 fully saturated rings. The van der Waals surface area contributed by atoms with Gasteiger partial charge in [0.15, 0.2) is 11.6 Å². The predicted molar refractivity (Wildman–Crippen MR) is 88.1 cm³/mol. The van der Waals surface area contributed by atoms with E-state index in [1.807, 2.05) is 19.9 Å². The first-order chi connectivity index (χ1) is 10.7. The number of ketones is 2. The lowest BCUT2D eigenvalue weighted by Gasteiger charge is -2.58. The highest BCUT2D eigenvalue weighted by Crippen LogP contribution is 2.63. The molecule has 23 heavy (non-hydrogen) atoms. The average molecular weight is 312 g/mol. The number of hydrogen-bond acceptors (Lipinski definition) is 3. The van der Waals surface area contributed by atoms with Crippen molar-refractivity contribution in [2.24, 2.45) is 27.9 Å². The van der Waals surface area contributed by atoms with Crippen LogP contribution in [0, 0.1) is 28.7 Å². The Kier molecular flexibility index (Phi) is 3.42. The quantitative estimate of drug-likeness (QED) is 0.757. The van der Waals surface area contributed by atoms with E-state index in [2.05, 4.69) is 11.8 Å². The molecule has 0 bridgehead atoms. The monoisotopic (exact) mass is 312 g/mol. The Labute approximate surface area is 137 Å². The van der Waals surface area contributed by atoms with Gasteiger partial charge >= 0.3 is 0 Å². The number of allylic oxidation sites excluding steroid dienone is 3. The van der Waals surface area contributed by atoms with Crippen LogP contribution in [0.5, 0.6) is 0 Å². The van der Waals surface area contributed by atoms with E-state index in [0.29, 0.717) is 13.0 Å². The second-order valence-corrected chi connectivity index (χ2v) is 8.07. The second-order valence-electron chi connectivity index (χ2n) is 8.07. The number of carbonyl (C=O) groups excluding carboxylic acids is 2. The van der Waals surface area contributed by atoms with Gasteiger partial charge < -0.3 is 10.5 Å². The van der Waals surface area contributed by atoms with Crippen LogP contribution < -0.4 is 5.73 Å². The van der Waals surface area contributed by atoms with Crippen LogP contribution in [-0.4, -0.2) is 18.1 Å². The fraction of sp³-hybridized carbons (Fsp3) is 0.632. The van der Waals surface area contributed by atoms with Gasteiger partial charge in [-0.1, -0.05) is 32.4 Å². The molecule has 1 saturated carbocycles. The van der Waals surface area contributed by atoms with Crippen molar-refractivity contribution < 1.29 is 9.59 Å². The van der Waals surface area contributed by atoms with Gasteiger partial charge in [-0.15, -0.1) is 0 Å². The first-order valence-electron chi connectivity index (χ1n) is 8.32. The predicted octanol–water partition coefficient (Wildman–Crippen LogP) is 3.05. The average Bonchev–Trinajstić information content (AvgIpc) is 2.52. The highest BCUT2D eigenvalue weighted by molar-refractivity contribution is 6.02. The lowest BCUT2D eigenvalue weighted by Crippen LogP contribution is -2.55. The summed E-state index contributed by atoms with van der Waals surface area (Å²) in [7, 11) is 0. The second kappa shape index (κ2) is 4.88. The molecule has 0 aromatic heterocycles. The minimum atomic E-state index is -0.592. The highest BCUT2D eigenvalue weighted by atomic mass is 16.1. The summed E-state index contributed by atoms with van der Waals surface area (Å²) < 4.78 is 0. The Morgan fingerprint density at radius 2 is 2.00 bits per heavy atom. The molecule has 2 N–H and O–H groups in total. The molecule has 4 nitrogen and oxygen atoms in total. The molecule has 0 heterocycles. The molecule has 3 atom stereocenters. The number of carbonyl (C=O) groups is 2. The van der Waals surface area contributed by atoms with Gasteiger partial charge in [0.05, 0.1) is 6.57 Å². The van der Waals surface area contributed by atoms with Crippen LogP contribution in [0.4, 0.5) is 0 Å². The van der Waals surface area contributed by atoms with Crippen LogP contribution in [0.25, 0.3) is 4.85 Å². The fourth-order valence-electron chi connectivity index (χ4n) is 5.30. The lowest BCUT2D eigenvalue weighted by atomic mass is 9.45. The van der Waals surface area contributed by atoms with Crippen molar-refractivity contribution in [1.82, 2.24) is 0 Å². The maximum atomic E-state index is 12.7. The fourth-order valence-corrected chi connectivity index (χ4v) is 5.30. The van der Waals surface area contributed by atoms with E-state index >= 15 is 0 Å². The van der Waals surface area contributed by atoms with Crippen molar-refractivity contribution in [3.63, 3.8) is 0 Å². The topological polar surface area (TPSA) is 64.5 Å². The Hall–Kier alpha value is -1.73. The zero-order valence-electron chi connectivity index (χ0n) is 14.1. The molecule has 0 spiro atoms. The number of fused-ring (bicyclic) bond motifs is 3. The molecule has 0 aliphatic heterocycles. The normalized spacial score (nSPS) is 38.8. The molecule has 3 aliphatic rings. The molecule has 0 aromatic rings. The molecule has 0 aromatic carbocycles. The van der Waals surface area contributed by atoms with Gasteiger partial charge in [0, 0.05) is 29.2 Å². The Balaban J connectivity index is 2.26. The molecule has 3 rings (SSSR count). The van der Waals surface area contributed by atoms with Gasteiger partial charge in [-0.25, -0.2) is 4.85 Å². The van der Waals surface area contributed by atoms with Gasteiger partial charge in [-0.2, -0.15) is 0 Å². The Morgan fingerprint density at radius 1 is 1.30 bits per heavy atom. The summed E-state index contributed by atoms with van der Waals surface area (Å²) in [5, 5.41) is 0. The van der Waals surface area contributed by atoms with Gasteiger partial charge in [-0.3, -0.25) is 4.79 Å². The van der Waals surface area contributed by atoms with Crippen LogP contribution in [0.15, 0.2) is 23.4 Å². The molecule has 122 valence electrons. The Morgan fingerprint density at radius 3 is 2.61 bits per heavy atom. The summed E-state index contributed by atoms with van der Waals surface area (Å²) in [6, 6.07) is 0. The van der Waals surface area contributed by atoms with Crippen LogP contribution in [0.2, 0.25) is 0 Å². The third-order valence-corrected chi connectivity index (χ3v) is 6.58. The van der Waals surface area contributed by atoms with Crippen molar-refractivity contribution in [2.45, 2.75) is 46.5 Å². The first kappa shape index (κ1) is 16.1. The van der Waals surface area contributed by atoms with Gasteiger partial charge in [0.2, 0.25) is 5.70 Å². The van der Waals surface area contributed by atoms with E-state index in [0.717, 1.165) is 24.8 Å². The number of nitrogens with two attached hydrogens (primary N) is 1. The van der Waals surface area contributed by atoms with Crippen molar-refractivity contribution in [3.8, 4) is 0 Å². The maximum Gasteiger partial charge on any atom is 0.226 e. The van der Waals surface area contributed by atoms with E-state index in [1.165, 1.54) is 0 Å². The summed E-state index contributed by atoms with van der Waals surface area (Å²) in [6.07, 6.45) is 6.74. The van der Waals surface area contributed by atoms with Crippen molar-refractivity contribution in [1.29, 1.82) is 0 Å². The number of nitrogens with zero attached hydrogens (tertiary/aromatic N) is 1. The minimum absolute atomic E-state index is 0.0713. The summed E-state index contributed by atoms with van der Waals surface area (Å²) in [5.74, 6) is 0.168. The highest BCUT2D eigenvalue weighted by Gasteiger charge is 2.59. The Bertz CT molecular complexity index is 695. The zero-order valence-corrected chi connectivity index (χ0v) is 14.1. The van der Waals surface area contributed by atoms with Gasteiger partial charge in [0.1, 0.15) is 0 Å². The van der Waals surface area contributed by atoms with E-state index in [4.69, 9.17) is 12.3 Å². The SMILES string of the molecule is [C-]#[N+]C1=C[C@]2(C)C3=CC(=O)CC[C@]3(CN)CC[C@H]2C(C)(C)C1=O. The number of hydrogen-bond donors (Lipinski definition) is 1. The van der Waals surface area contributed by atoms with Gasteiger partial charge in [-0.05, 0) is 31.3 Å². The molecule has 0 unspecified atom stereocenters. The molecule has 0 radical (unpaired) electrons. The molecular formula is C19H24N2O2. The molecule has 0 amide bonds. The summed E-state index contributed by atoms with van der Waals surface area (Å²) in [4.78, 5) is 28.2. The first-order valence-corrected chi connectivity index (χ1v) is 8.32. The van der Waals surface area contributed by atoms with Gasteiger partial charge in [0.25, 0.3) is 0 Å². The number of rotatable bonds is 1. The van der Waals surface area contributed by atoms with Crippen LogP contribution in [-0.2, 0) is 9.59 Å². The van der Waals surface area contributed by atoms with Crippen molar-refractivity contribution >= 4 is 11.6 Å². The summed E-state index contributed by atoms with van der Waals surface area (Å²) in [6.45, 7) is 13.9. The van der Waals surface area contributed by atoms with Crippen LogP contribution >= 0.6 is 0 Å². The standard InChI is InChI=1S/C19H24N2O2/c1-17(2)14-6-8-19(11-20)7-5-12(22)9-15(19)18(14,3)10-13(21-4)16(17)23/h9-10,14H,5-8,11,20H2,1-3H3/t14-,18-,19+/m0/s1. The van der Waals surface area contributed by atoms with Crippen LogP contribution in [0.3, 0.4) is 0 Å². The van der Waals surface area contributed by atoms with E-state index < -0.39 is 10.8 Å². The van der Waals surface area contributed by atoms with Crippen molar-refractivity contribution in [3.05, 3.63) is 34.8 Å².